The quantitative estimate of drug-likeness (QED) is 0.452. The van der Waals surface area contributed by atoms with Crippen molar-refractivity contribution in [3.05, 3.63) is 65.6 Å². The lowest BCUT2D eigenvalue weighted by atomic mass is 10.1. The third-order valence-corrected chi connectivity index (χ3v) is 9.40. The summed E-state index contributed by atoms with van der Waals surface area (Å²) in [7, 11) is 0.193. The van der Waals surface area contributed by atoms with Crippen LogP contribution in [0.5, 0.6) is 0 Å². The molecule has 0 amide bonds. The number of rotatable bonds is 7. The lowest BCUT2D eigenvalue weighted by Gasteiger charge is -2.32. The first kappa shape index (κ1) is 26.7. The summed E-state index contributed by atoms with van der Waals surface area (Å²) < 4.78 is 42.6. The summed E-state index contributed by atoms with van der Waals surface area (Å²) in [4.78, 5) is 15.9. The van der Waals surface area contributed by atoms with Gasteiger partial charge in [-0.05, 0) is 68.3 Å². The third kappa shape index (κ3) is 5.58. The predicted octanol–water partition coefficient (Wildman–Crippen LogP) is 3.89. The molecule has 2 aromatic carbocycles. The predicted molar refractivity (Wildman–Crippen MR) is 147 cm³/mol. The zero-order valence-corrected chi connectivity index (χ0v) is 23.1. The Balaban J connectivity index is 1.41. The van der Waals surface area contributed by atoms with E-state index in [2.05, 4.69) is 46.1 Å². The second-order valence-electron chi connectivity index (χ2n) is 10.3. The molecule has 0 aliphatic carbocycles. The highest BCUT2D eigenvalue weighted by molar-refractivity contribution is 7.89. The third-order valence-electron chi connectivity index (χ3n) is 7.47. The average molecular weight is 539 g/mol. The summed E-state index contributed by atoms with van der Waals surface area (Å²) in [5.74, 6) is -0.154. The van der Waals surface area contributed by atoms with Gasteiger partial charge in [-0.3, -0.25) is 4.90 Å². The van der Waals surface area contributed by atoms with Gasteiger partial charge >= 0.3 is 0 Å². The summed E-state index contributed by atoms with van der Waals surface area (Å²) in [5, 5.41) is 0. The molecule has 2 saturated heterocycles. The Labute approximate surface area is 224 Å². The van der Waals surface area contributed by atoms with Gasteiger partial charge in [0.1, 0.15) is 5.82 Å². The molecule has 5 rings (SSSR count). The van der Waals surface area contributed by atoms with E-state index < -0.39 is 15.8 Å². The molecular formula is C28H35FN6O2S. The lowest BCUT2D eigenvalue weighted by Crippen LogP contribution is -2.43. The van der Waals surface area contributed by atoms with Crippen LogP contribution in [0, 0.1) is 12.7 Å². The summed E-state index contributed by atoms with van der Waals surface area (Å²) in [6, 6.07) is 12.2. The zero-order chi connectivity index (χ0) is 26.9. The fraction of sp³-hybridized carbons (Fsp3) is 0.429. The molecule has 10 heteroatoms. The lowest BCUT2D eigenvalue weighted by molar-refractivity contribution is 0.148. The van der Waals surface area contributed by atoms with Crippen molar-refractivity contribution in [3.8, 4) is 11.3 Å². The van der Waals surface area contributed by atoms with Crippen LogP contribution < -0.4 is 4.90 Å². The van der Waals surface area contributed by atoms with Crippen molar-refractivity contribution in [3.63, 3.8) is 0 Å². The minimum atomic E-state index is -3.85. The number of sulfonamides is 1. The normalized spacial score (nSPS) is 17.7. The van der Waals surface area contributed by atoms with Gasteiger partial charge < -0.3 is 9.80 Å². The van der Waals surface area contributed by atoms with E-state index in [4.69, 9.17) is 4.98 Å². The molecule has 0 unspecified atom stereocenters. The van der Waals surface area contributed by atoms with Crippen LogP contribution >= 0.6 is 0 Å². The average Bonchev–Trinajstić information content (AvgIpc) is 3.47. The molecule has 1 aromatic heterocycles. The van der Waals surface area contributed by atoms with Gasteiger partial charge in [-0.1, -0.05) is 12.1 Å². The van der Waals surface area contributed by atoms with Crippen LogP contribution in [0.25, 0.3) is 11.3 Å². The highest BCUT2D eigenvalue weighted by Crippen LogP contribution is 2.33. The summed E-state index contributed by atoms with van der Waals surface area (Å²) in [5.41, 5.74) is 3.75. The first-order valence-electron chi connectivity index (χ1n) is 13.1. The van der Waals surface area contributed by atoms with E-state index in [-0.39, 0.29) is 4.90 Å². The second-order valence-corrected chi connectivity index (χ2v) is 12.2. The molecule has 0 spiro atoms. The van der Waals surface area contributed by atoms with Crippen molar-refractivity contribution in [2.24, 2.45) is 0 Å². The largest absolute Gasteiger partial charge is 0.314 e. The Bertz CT molecular complexity index is 1380. The van der Waals surface area contributed by atoms with Gasteiger partial charge in [0, 0.05) is 70.3 Å². The van der Waals surface area contributed by atoms with Crippen molar-refractivity contribution in [2.45, 2.75) is 31.2 Å². The van der Waals surface area contributed by atoms with Gasteiger partial charge in [-0.2, -0.15) is 4.31 Å². The maximum absolute atomic E-state index is 14.3. The molecule has 2 aliphatic rings. The monoisotopic (exact) mass is 538 g/mol. The molecule has 0 saturated carbocycles. The van der Waals surface area contributed by atoms with Gasteiger partial charge in [0.25, 0.3) is 0 Å². The van der Waals surface area contributed by atoms with Gasteiger partial charge in [-0.25, -0.2) is 22.8 Å². The van der Waals surface area contributed by atoms with E-state index in [1.54, 1.807) is 6.20 Å². The fourth-order valence-electron chi connectivity index (χ4n) is 5.04. The summed E-state index contributed by atoms with van der Waals surface area (Å²) in [6.45, 7) is 7.95. The number of aromatic nitrogens is 2. The number of piperazine rings is 1. The Morgan fingerprint density at radius 2 is 1.66 bits per heavy atom. The number of likely N-dealkylation sites (N-methyl/N-ethyl adjacent to an activating group) is 1. The molecule has 2 fully saturated rings. The van der Waals surface area contributed by atoms with Crippen LogP contribution in [0.2, 0.25) is 0 Å². The van der Waals surface area contributed by atoms with E-state index in [1.165, 1.54) is 22.0 Å². The number of hydrogen-bond donors (Lipinski definition) is 0. The van der Waals surface area contributed by atoms with Gasteiger partial charge in [0.2, 0.25) is 16.0 Å². The van der Waals surface area contributed by atoms with Crippen LogP contribution in [0.3, 0.4) is 0 Å². The molecule has 0 N–H and O–H groups in total. The Hall–Kier alpha value is -2.92. The summed E-state index contributed by atoms with van der Waals surface area (Å²) in [6.07, 6.45) is 3.30. The Morgan fingerprint density at radius 1 is 0.974 bits per heavy atom. The SMILES string of the molecule is Cc1cnc(N(C)c2ccc(CN3CCN(C)CC3)cc2)nc1-c1ccc(F)cc1S(=O)(=O)N1CCCC1. The molecule has 0 radical (unpaired) electrons. The number of hydrogen-bond acceptors (Lipinski definition) is 7. The first-order valence-corrected chi connectivity index (χ1v) is 14.5. The zero-order valence-electron chi connectivity index (χ0n) is 22.3. The molecule has 3 aromatic rings. The maximum atomic E-state index is 14.3. The van der Waals surface area contributed by atoms with Crippen molar-refractivity contribution in [1.82, 2.24) is 24.1 Å². The number of benzene rings is 2. The van der Waals surface area contributed by atoms with E-state index in [0.717, 1.165) is 57.3 Å². The minimum absolute atomic E-state index is 0.0527. The molecule has 3 heterocycles. The highest BCUT2D eigenvalue weighted by Gasteiger charge is 2.31. The van der Waals surface area contributed by atoms with E-state index >= 15 is 0 Å². The molecule has 38 heavy (non-hydrogen) atoms. The van der Waals surface area contributed by atoms with Crippen molar-refractivity contribution in [1.29, 1.82) is 0 Å². The van der Waals surface area contributed by atoms with E-state index in [9.17, 15) is 12.8 Å². The van der Waals surface area contributed by atoms with E-state index in [1.807, 2.05) is 18.9 Å². The number of aryl methyl sites for hydroxylation is 1. The minimum Gasteiger partial charge on any atom is -0.314 e. The van der Waals surface area contributed by atoms with Crippen LogP contribution in [-0.2, 0) is 16.6 Å². The van der Waals surface area contributed by atoms with Crippen LogP contribution in [0.4, 0.5) is 16.0 Å². The topological polar surface area (TPSA) is 72.9 Å². The standard InChI is InChI=1S/C28H35FN6O2S/c1-21-19-30-28(33(3)24-9-6-22(7-10-24)20-34-16-14-32(2)15-17-34)31-27(21)25-11-8-23(29)18-26(25)38(36,37)35-12-4-5-13-35/h6-11,18-19H,4-5,12-17,20H2,1-3H3. The molecule has 0 bridgehead atoms. The number of halogens is 1. The van der Waals surface area contributed by atoms with E-state index in [0.29, 0.717) is 35.9 Å². The van der Waals surface area contributed by atoms with Crippen molar-refractivity contribution in [2.75, 3.05) is 58.3 Å². The summed E-state index contributed by atoms with van der Waals surface area (Å²) >= 11 is 0. The highest BCUT2D eigenvalue weighted by atomic mass is 32.2. The second kappa shape index (κ2) is 11.1. The Kier molecular flexibility index (Phi) is 7.76. The fourth-order valence-corrected chi connectivity index (χ4v) is 6.77. The van der Waals surface area contributed by atoms with Crippen LogP contribution in [0.15, 0.2) is 53.6 Å². The van der Waals surface area contributed by atoms with Gasteiger partial charge in [0.05, 0.1) is 10.6 Å². The number of anilines is 2. The van der Waals surface area contributed by atoms with Gasteiger partial charge in [0.15, 0.2) is 0 Å². The molecule has 0 atom stereocenters. The smallest absolute Gasteiger partial charge is 0.243 e. The van der Waals surface area contributed by atoms with Crippen LogP contribution in [-0.4, -0.2) is 85.9 Å². The molecule has 8 nitrogen and oxygen atoms in total. The molecule has 202 valence electrons. The first-order chi connectivity index (χ1) is 18.2. The van der Waals surface area contributed by atoms with Crippen LogP contribution in [0.1, 0.15) is 24.0 Å². The van der Waals surface area contributed by atoms with Crippen molar-refractivity contribution < 1.29 is 12.8 Å². The Morgan fingerprint density at radius 3 is 2.34 bits per heavy atom. The molecule has 2 aliphatic heterocycles. The van der Waals surface area contributed by atoms with Crippen molar-refractivity contribution >= 4 is 21.7 Å². The van der Waals surface area contributed by atoms with Gasteiger partial charge in [-0.15, -0.1) is 0 Å². The maximum Gasteiger partial charge on any atom is 0.243 e. The number of nitrogens with zero attached hydrogens (tertiary/aromatic N) is 6. The molecular weight excluding hydrogens is 503 g/mol.